The molecule has 4 nitrogen and oxygen atoms in total. The first-order valence-electron chi connectivity index (χ1n) is 6.87. The van der Waals surface area contributed by atoms with Gasteiger partial charge in [-0.25, -0.2) is 4.39 Å². The molecule has 23 heavy (non-hydrogen) atoms. The molecule has 1 heterocycles. The number of rotatable bonds is 4. The molecule has 0 bridgehead atoms. The Morgan fingerprint density at radius 1 is 1.17 bits per heavy atom. The van der Waals surface area contributed by atoms with Crippen LogP contribution in [0, 0.1) is 5.82 Å². The first-order chi connectivity index (χ1) is 11.1. The molecule has 0 saturated carbocycles. The number of carbonyl (C=O) groups is 1. The number of halogens is 2. The van der Waals surface area contributed by atoms with Crippen molar-refractivity contribution in [3.05, 3.63) is 76.1 Å². The van der Waals surface area contributed by atoms with Crippen LogP contribution in [0.15, 0.2) is 63.6 Å². The first kappa shape index (κ1) is 15.4. The molecule has 3 aromatic rings. The Labute approximate surface area is 140 Å². The van der Waals surface area contributed by atoms with Gasteiger partial charge in [0.05, 0.1) is 0 Å². The molecule has 1 N–H and O–H groups in total. The van der Waals surface area contributed by atoms with Crippen molar-refractivity contribution in [2.75, 3.05) is 0 Å². The minimum atomic E-state index is -0.374. The molecule has 0 aliphatic carbocycles. The average molecular weight is 375 g/mol. The van der Waals surface area contributed by atoms with Gasteiger partial charge in [0.1, 0.15) is 5.82 Å². The van der Waals surface area contributed by atoms with Crippen LogP contribution in [0.5, 0.6) is 0 Å². The Kier molecular flexibility index (Phi) is 4.52. The second-order valence-corrected chi connectivity index (χ2v) is 5.81. The molecule has 0 spiro atoms. The molecule has 0 atom stereocenters. The van der Waals surface area contributed by atoms with Crippen LogP contribution in [-0.2, 0) is 6.54 Å². The van der Waals surface area contributed by atoms with E-state index in [9.17, 15) is 9.18 Å². The molecule has 1 aromatic heterocycles. The maximum Gasteiger partial charge on any atom is 0.273 e. The number of carbonyl (C=O) groups excluding carboxylic acids is 1. The van der Waals surface area contributed by atoms with E-state index >= 15 is 0 Å². The minimum Gasteiger partial charge on any atom is -0.355 e. The highest BCUT2D eigenvalue weighted by Gasteiger charge is 2.13. The maximum atomic E-state index is 13.1. The molecule has 116 valence electrons. The maximum absolute atomic E-state index is 13.1. The van der Waals surface area contributed by atoms with Crippen LogP contribution in [0.25, 0.3) is 11.3 Å². The molecule has 0 unspecified atom stereocenters. The highest BCUT2D eigenvalue weighted by atomic mass is 79.9. The zero-order valence-electron chi connectivity index (χ0n) is 11.9. The van der Waals surface area contributed by atoms with Gasteiger partial charge in [-0.3, -0.25) is 4.79 Å². The van der Waals surface area contributed by atoms with Crippen LogP contribution in [-0.4, -0.2) is 11.1 Å². The molecule has 1 amide bonds. The lowest BCUT2D eigenvalue weighted by Crippen LogP contribution is -2.23. The smallest absolute Gasteiger partial charge is 0.273 e. The van der Waals surface area contributed by atoms with E-state index in [0.717, 1.165) is 10.0 Å². The number of nitrogens with zero attached hydrogens (tertiary/aromatic N) is 1. The third kappa shape index (κ3) is 3.84. The van der Waals surface area contributed by atoms with Gasteiger partial charge >= 0.3 is 0 Å². The van der Waals surface area contributed by atoms with E-state index in [-0.39, 0.29) is 24.0 Å². The fraction of sp³-hybridized carbons (Fsp3) is 0.0588. The summed E-state index contributed by atoms with van der Waals surface area (Å²) in [5.74, 6) is -0.203. The third-order valence-electron chi connectivity index (χ3n) is 3.21. The van der Waals surface area contributed by atoms with E-state index < -0.39 is 0 Å². The molecule has 0 radical (unpaired) electrons. The van der Waals surface area contributed by atoms with E-state index in [1.807, 2.05) is 24.3 Å². The Morgan fingerprint density at radius 3 is 2.70 bits per heavy atom. The van der Waals surface area contributed by atoms with Crippen LogP contribution in [0.2, 0.25) is 0 Å². The van der Waals surface area contributed by atoms with Crippen molar-refractivity contribution in [3.8, 4) is 11.3 Å². The first-order valence-corrected chi connectivity index (χ1v) is 7.66. The predicted molar refractivity (Wildman–Crippen MR) is 87.2 cm³/mol. The Balaban J connectivity index is 1.67. The van der Waals surface area contributed by atoms with E-state index in [1.54, 1.807) is 18.2 Å². The van der Waals surface area contributed by atoms with Gasteiger partial charge in [-0.15, -0.1) is 0 Å². The molecule has 0 aliphatic rings. The van der Waals surface area contributed by atoms with Gasteiger partial charge in [0.15, 0.2) is 11.5 Å². The molecule has 0 fully saturated rings. The van der Waals surface area contributed by atoms with Crippen molar-refractivity contribution in [2.24, 2.45) is 0 Å². The van der Waals surface area contributed by atoms with Crippen LogP contribution in [0.4, 0.5) is 4.39 Å². The van der Waals surface area contributed by atoms with E-state index in [1.165, 1.54) is 12.1 Å². The van der Waals surface area contributed by atoms with E-state index in [2.05, 4.69) is 26.4 Å². The summed E-state index contributed by atoms with van der Waals surface area (Å²) in [5, 5.41) is 6.45. The summed E-state index contributed by atoms with van der Waals surface area (Å²) in [7, 11) is 0. The fourth-order valence-corrected chi connectivity index (χ4v) is 2.32. The summed E-state index contributed by atoms with van der Waals surface area (Å²) >= 11 is 3.36. The lowest BCUT2D eigenvalue weighted by molar-refractivity contribution is 0.0942. The van der Waals surface area contributed by atoms with Crippen molar-refractivity contribution >= 4 is 21.8 Å². The van der Waals surface area contributed by atoms with Gasteiger partial charge in [-0.2, -0.15) is 0 Å². The van der Waals surface area contributed by atoms with E-state index in [4.69, 9.17) is 4.52 Å². The second kappa shape index (κ2) is 6.75. The normalized spacial score (nSPS) is 10.5. The molecule has 0 aliphatic heterocycles. The van der Waals surface area contributed by atoms with E-state index in [0.29, 0.717) is 11.3 Å². The number of aromatic nitrogens is 1. The minimum absolute atomic E-state index is 0.180. The monoisotopic (exact) mass is 374 g/mol. The summed E-state index contributed by atoms with van der Waals surface area (Å²) in [4.78, 5) is 12.1. The topological polar surface area (TPSA) is 55.1 Å². The molecule has 2 aromatic carbocycles. The quantitative estimate of drug-likeness (QED) is 0.745. The average Bonchev–Trinajstić information content (AvgIpc) is 3.03. The zero-order chi connectivity index (χ0) is 16.2. The highest BCUT2D eigenvalue weighted by molar-refractivity contribution is 9.10. The van der Waals surface area contributed by atoms with Crippen molar-refractivity contribution < 1.29 is 13.7 Å². The van der Waals surface area contributed by atoms with Gasteiger partial charge in [0.2, 0.25) is 0 Å². The zero-order valence-corrected chi connectivity index (χ0v) is 13.5. The molecular formula is C17H12BrFN2O2. The van der Waals surface area contributed by atoms with Gasteiger partial charge in [0, 0.05) is 22.6 Å². The fourth-order valence-electron chi connectivity index (χ4n) is 2.05. The summed E-state index contributed by atoms with van der Waals surface area (Å²) in [6.45, 7) is 0.219. The van der Waals surface area contributed by atoms with Crippen LogP contribution >= 0.6 is 15.9 Å². The number of benzene rings is 2. The standard InChI is InChI=1S/C17H12BrFN2O2/c18-13-6-4-12(5-7-13)16-9-15(21-23-16)17(22)20-10-11-2-1-3-14(19)8-11/h1-9H,10H2,(H,20,22). The third-order valence-corrected chi connectivity index (χ3v) is 3.74. The number of hydrogen-bond acceptors (Lipinski definition) is 3. The van der Waals surface area contributed by atoms with Crippen molar-refractivity contribution in [1.29, 1.82) is 0 Å². The summed E-state index contributed by atoms with van der Waals surface area (Å²) < 4.78 is 19.2. The summed E-state index contributed by atoms with van der Waals surface area (Å²) in [6.07, 6.45) is 0. The van der Waals surface area contributed by atoms with Crippen molar-refractivity contribution in [1.82, 2.24) is 10.5 Å². The van der Waals surface area contributed by atoms with Crippen LogP contribution in [0.3, 0.4) is 0 Å². The molecular weight excluding hydrogens is 363 g/mol. The molecule has 6 heteroatoms. The summed E-state index contributed by atoms with van der Waals surface area (Å²) in [6, 6.07) is 15.1. The van der Waals surface area contributed by atoms with Gasteiger partial charge < -0.3 is 9.84 Å². The number of nitrogens with one attached hydrogen (secondary N) is 1. The SMILES string of the molecule is O=C(NCc1cccc(F)c1)c1cc(-c2ccc(Br)cc2)on1. The number of amides is 1. The highest BCUT2D eigenvalue weighted by Crippen LogP contribution is 2.22. The predicted octanol–water partition coefficient (Wildman–Crippen LogP) is 4.17. The summed E-state index contributed by atoms with van der Waals surface area (Å²) in [5.41, 5.74) is 1.68. The van der Waals surface area contributed by atoms with Crippen molar-refractivity contribution in [2.45, 2.75) is 6.54 Å². The lowest BCUT2D eigenvalue weighted by Gasteiger charge is -2.02. The van der Waals surface area contributed by atoms with Gasteiger partial charge in [-0.1, -0.05) is 45.4 Å². The largest absolute Gasteiger partial charge is 0.355 e. The van der Waals surface area contributed by atoms with Crippen LogP contribution < -0.4 is 5.32 Å². The Hall–Kier alpha value is -2.47. The number of hydrogen-bond donors (Lipinski definition) is 1. The second-order valence-electron chi connectivity index (χ2n) is 4.90. The van der Waals surface area contributed by atoms with Crippen LogP contribution in [0.1, 0.15) is 16.1 Å². The van der Waals surface area contributed by atoms with Gasteiger partial charge in [0.25, 0.3) is 5.91 Å². The Morgan fingerprint density at radius 2 is 1.96 bits per heavy atom. The lowest BCUT2D eigenvalue weighted by atomic mass is 10.1. The molecule has 0 saturated heterocycles. The Bertz CT molecular complexity index is 831. The molecule has 3 rings (SSSR count). The van der Waals surface area contributed by atoms with Crippen molar-refractivity contribution in [3.63, 3.8) is 0 Å². The van der Waals surface area contributed by atoms with Gasteiger partial charge in [-0.05, 0) is 29.8 Å².